The lowest BCUT2D eigenvalue weighted by Crippen LogP contribution is -2.22. The summed E-state index contributed by atoms with van der Waals surface area (Å²) in [6.07, 6.45) is 6.88. The Morgan fingerprint density at radius 1 is 1.62 bits per heavy atom. The van der Waals surface area contributed by atoms with Crippen molar-refractivity contribution in [2.75, 3.05) is 0 Å². The maximum Gasteiger partial charge on any atom is 0.370 e. The number of thiazole rings is 1. The third-order valence-corrected chi connectivity index (χ3v) is 3.28. The highest BCUT2D eigenvalue weighted by atomic mass is 32.1. The van der Waals surface area contributed by atoms with Crippen LogP contribution in [-0.2, 0) is 13.7 Å². The molecule has 0 saturated carbocycles. The molecule has 9 heteroatoms. The summed E-state index contributed by atoms with van der Waals surface area (Å²) in [5.74, 6) is 2.60. The zero-order valence-corrected chi connectivity index (χ0v) is 11.6. The summed E-state index contributed by atoms with van der Waals surface area (Å²) >= 11 is 1.19. The molecule has 0 radical (unpaired) electrons. The summed E-state index contributed by atoms with van der Waals surface area (Å²) < 4.78 is 20.2. The molecule has 21 heavy (non-hydrogen) atoms. The van der Waals surface area contributed by atoms with E-state index in [0.717, 1.165) is 9.36 Å². The molecule has 0 bridgehead atoms. The van der Waals surface area contributed by atoms with Gasteiger partial charge in [0.1, 0.15) is 12.9 Å². The molecule has 3 rings (SSSR count). The van der Waals surface area contributed by atoms with Crippen LogP contribution in [0.5, 0.6) is 5.19 Å². The molecule has 0 aromatic carbocycles. The van der Waals surface area contributed by atoms with Crippen molar-refractivity contribution in [3.63, 3.8) is 0 Å². The van der Waals surface area contributed by atoms with Crippen molar-refractivity contribution >= 4 is 11.3 Å². The Hall–Kier alpha value is -2.86. The van der Waals surface area contributed by atoms with E-state index in [4.69, 9.17) is 16.9 Å². The number of aromatic nitrogens is 5. The molecule has 0 unspecified atom stereocenters. The number of furan rings is 1. The van der Waals surface area contributed by atoms with Gasteiger partial charge in [0, 0.05) is 18.6 Å². The highest BCUT2D eigenvalue weighted by Gasteiger charge is 2.19. The largest absolute Gasteiger partial charge is 0.465 e. The van der Waals surface area contributed by atoms with Crippen LogP contribution in [0.3, 0.4) is 0 Å². The van der Waals surface area contributed by atoms with E-state index in [1.807, 2.05) is 0 Å². The molecule has 8 nitrogen and oxygen atoms in total. The summed E-state index contributed by atoms with van der Waals surface area (Å²) in [6, 6.07) is 0. The van der Waals surface area contributed by atoms with E-state index in [-0.39, 0.29) is 18.7 Å². The summed E-state index contributed by atoms with van der Waals surface area (Å²) in [5, 5.41) is 9.20. The van der Waals surface area contributed by atoms with Crippen LogP contribution in [0, 0.1) is 12.3 Å². The molecule has 3 heterocycles. The number of terminal acetylenes is 1. The highest BCUT2D eigenvalue weighted by Crippen LogP contribution is 2.22. The average Bonchev–Trinajstić information content (AvgIpc) is 3.18. The molecule has 3 aromatic rings. The standard InChI is InChI=1S/C12H9N5O3S/c1-3-8-6-19-10(17-12(18)16(2)14-15-17)9(8)7-20-11-13-4-5-21-11/h1,4-6H,7H2,2H3/i4T. The first kappa shape index (κ1) is 11.9. The lowest BCUT2D eigenvalue weighted by atomic mass is 10.2. The fourth-order valence-corrected chi connectivity index (χ4v) is 2.07. The average molecular weight is 305 g/mol. The van der Waals surface area contributed by atoms with Gasteiger partial charge in [-0.05, 0) is 10.4 Å². The zero-order chi connectivity index (χ0) is 15.7. The minimum absolute atomic E-state index is 0.0291. The van der Waals surface area contributed by atoms with E-state index in [0.29, 0.717) is 16.3 Å². The van der Waals surface area contributed by atoms with Crippen molar-refractivity contribution in [1.82, 2.24) is 24.8 Å². The van der Waals surface area contributed by atoms with Crippen LogP contribution in [-0.4, -0.2) is 24.8 Å². The van der Waals surface area contributed by atoms with Crippen LogP contribution < -0.4 is 10.4 Å². The van der Waals surface area contributed by atoms with E-state index < -0.39 is 5.69 Å². The lowest BCUT2D eigenvalue weighted by molar-refractivity contribution is 0.301. The topological polar surface area (TPSA) is 88.0 Å². The summed E-state index contributed by atoms with van der Waals surface area (Å²) in [4.78, 5) is 15.8. The Bertz CT molecular complexity index is 916. The van der Waals surface area contributed by atoms with Gasteiger partial charge < -0.3 is 9.15 Å². The molecule has 0 aliphatic carbocycles. The van der Waals surface area contributed by atoms with Gasteiger partial charge in [-0.2, -0.15) is 4.68 Å². The third kappa shape index (κ3) is 2.32. The van der Waals surface area contributed by atoms with Crippen LogP contribution in [0.15, 0.2) is 27.0 Å². The first-order valence-corrected chi connectivity index (χ1v) is 6.59. The Morgan fingerprint density at radius 3 is 3.10 bits per heavy atom. The number of rotatable bonds is 4. The molecule has 106 valence electrons. The second-order valence-corrected chi connectivity index (χ2v) is 4.73. The monoisotopic (exact) mass is 305 g/mol. The van der Waals surface area contributed by atoms with E-state index in [1.54, 1.807) is 5.38 Å². The number of aryl methyl sites for hydroxylation is 1. The highest BCUT2D eigenvalue weighted by molar-refractivity contribution is 7.11. The lowest BCUT2D eigenvalue weighted by Gasteiger charge is -2.03. The van der Waals surface area contributed by atoms with Crippen LogP contribution in [0.2, 0.25) is 0 Å². The minimum atomic E-state index is -0.470. The molecule has 0 saturated heterocycles. The first-order valence-electron chi connectivity index (χ1n) is 6.21. The Balaban J connectivity index is 1.96. The normalized spacial score (nSPS) is 11.1. The number of ether oxygens (including phenoxy) is 1. The SMILES string of the molecule is [3H]c1csc(OCc2c(C#C)coc2-n2nnn(C)c2=O)n1. The van der Waals surface area contributed by atoms with Crippen molar-refractivity contribution in [2.24, 2.45) is 7.05 Å². The van der Waals surface area contributed by atoms with Crippen molar-refractivity contribution in [2.45, 2.75) is 6.61 Å². The molecule has 0 aliphatic heterocycles. The molecule has 3 aromatic heterocycles. The van der Waals surface area contributed by atoms with Gasteiger partial charge in [-0.15, -0.1) is 11.1 Å². The van der Waals surface area contributed by atoms with Gasteiger partial charge in [0.2, 0.25) is 5.88 Å². The van der Waals surface area contributed by atoms with Gasteiger partial charge in [-0.3, -0.25) is 0 Å². The molecule has 0 fully saturated rings. The predicted molar refractivity (Wildman–Crippen MR) is 73.2 cm³/mol. The van der Waals surface area contributed by atoms with Gasteiger partial charge in [-0.1, -0.05) is 17.3 Å². The third-order valence-electron chi connectivity index (χ3n) is 2.65. The van der Waals surface area contributed by atoms with E-state index in [1.165, 1.54) is 24.6 Å². The molecule has 0 amide bonds. The molecule has 0 atom stereocenters. The van der Waals surface area contributed by atoms with Gasteiger partial charge in [0.15, 0.2) is 0 Å². The molecular formula is C12H9N5O3S. The first-order chi connectivity index (χ1) is 10.6. The quantitative estimate of drug-likeness (QED) is 0.655. The molecule has 0 aliphatic rings. The Labute approximate surface area is 124 Å². The maximum atomic E-state index is 11.9. The van der Waals surface area contributed by atoms with Crippen molar-refractivity contribution in [1.29, 1.82) is 0 Å². The Morgan fingerprint density at radius 2 is 2.48 bits per heavy atom. The number of hydrogen-bond acceptors (Lipinski definition) is 7. The summed E-state index contributed by atoms with van der Waals surface area (Å²) in [5.41, 5.74) is 0.448. The number of tetrazole rings is 1. The van der Waals surface area contributed by atoms with Crippen LogP contribution >= 0.6 is 11.3 Å². The van der Waals surface area contributed by atoms with Gasteiger partial charge in [0.05, 0.1) is 12.5 Å². The number of hydrogen-bond donors (Lipinski definition) is 0. The van der Waals surface area contributed by atoms with E-state index >= 15 is 0 Å². The smallest absolute Gasteiger partial charge is 0.370 e. The second-order valence-electron chi connectivity index (χ2n) is 3.91. The van der Waals surface area contributed by atoms with E-state index in [2.05, 4.69) is 21.3 Å². The van der Waals surface area contributed by atoms with Crippen LogP contribution in [0.25, 0.3) is 5.88 Å². The maximum absolute atomic E-state index is 11.9. The number of nitrogens with zero attached hydrogens (tertiary/aromatic N) is 5. The summed E-state index contributed by atoms with van der Waals surface area (Å²) in [7, 11) is 1.47. The molecule has 0 spiro atoms. The van der Waals surface area contributed by atoms with Gasteiger partial charge >= 0.3 is 5.69 Å². The van der Waals surface area contributed by atoms with Crippen molar-refractivity contribution in [3.8, 4) is 23.4 Å². The summed E-state index contributed by atoms with van der Waals surface area (Å²) in [6.45, 7) is 0.0291. The van der Waals surface area contributed by atoms with Gasteiger partial charge in [-0.25, -0.2) is 9.78 Å². The Kier molecular flexibility index (Phi) is 2.99. The van der Waals surface area contributed by atoms with E-state index in [9.17, 15) is 4.79 Å². The van der Waals surface area contributed by atoms with Crippen LogP contribution in [0.1, 0.15) is 12.5 Å². The minimum Gasteiger partial charge on any atom is -0.465 e. The van der Waals surface area contributed by atoms with Crippen LogP contribution in [0.4, 0.5) is 0 Å². The van der Waals surface area contributed by atoms with Gasteiger partial charge in [0.25, 0.3) is 5.19 Å². The predicted octanol–water partition coefficient (Wildman–Crippen LogP) is 0.576. The fourth-order valence-electron chi connectivity index (χ4n) is 1.63. The fraction of sp³-hybridized carbons (Fsp3) is 0.167. The van der Waals surface area contributed by atoms with Crippen molar-refractivity contribution in [3.05, 3.63) is 39.4 Å². The molecule has 0 N–H and O–H groups in total. The zero-order valence-electron chi connectivity index (χ0n) is 11.8. The second kappa shape index (κ2) is 5.26. The molecular weight excluding hydrogens is 294 g/mol. The van der Waals surface area contributed by atoms with Crippen molar-refractivity contribution < 1.29 is 10.5 Å².